The third-order valence-corrected chi connectivity index (χ3v) is 6.61. The van der Waals surface area contributed by atoms with Gasteiger partial charge in [0.1, 0.15) is 0 Å². The lowest BCUT2D eigenvalue weighted by Gasteiger charge is -2.25. The summed E-state index contributed by atoms with van der Waals surface area (Å²) in [4.78, 5) is 12.6. The van der Waals surface area contributed by atoms with Gasteiger partial charge in [0.15, 0.2) is 0 Å². The molecule has 5 nitrogen and oxygen atoms in total. The zero-order valence-corrected chi connectivity index (χ0v) is 15.9. The average molecular weight is 372 g/mol. The number of rotatable bonds is 5. The maximum Gasteiger partial charge on any atom is 0.251 e. The van der Waals surface area contributed by atoms with Crippen molar-refractivity contribution in [1.29, 1.82) is 0 Å². The van der Waals surface area contributed by atoms with Crippen molar-refractivity contribution in [2.24, 2.45) is 0 Å². The number of nitrogens with zero attached hydrogens (tertiary/aromatic N) is 1. The standard InChI is InChI=1S/C20H24N2O3S/c1-20(2,17-9-4-3-5-10-17)15-21-19(23)16-8-6-11-18(14-16)22-12-7-13-26(22,24)25/h3-6,8-11,14H,7,12-13,15H2,1-2H3,(H,21,23). The van der Waals surface area contributed by atoms with Gasteiger partial charge in [-0.25, -0.2) is 8.42 Å². The van der Waals surface area contributed by atoms with E-state index in [1.165, 1.54) is 4.31 Å². The predicted octanol–water partition coefficient (Wildman–Crippen LogP) is 2.93. The van der Waals surface area contributed by atoms with Gasteiger partial charge in [0.2, 0.25) is 10.0 Å². The molecule has 3 rings (SSSR count). The molecule has 2 aromatic rings. The number of anilines is 1. The summed E-state index contributed by atoms with van der Waals surface area (Å²) in [5.74, 6) is -0.0400. The van der Waals surface area contributed by atoms with Crippen LogP contribution < -0.4 is 9.62 Å². The van der Waals surface area contributed by atoms with Crippen molar-refractivity contribution in [3.05, 3.63) is 65.7 Å². The van der Waals surface area contributed by atoms with Gasteiger partial charge in [0, 0.05) is 24.1 Å². The van der Waals surface area contributed by atoms with Gasteiger partial charge in [-0.2, -0.15) is 0 Å². The number of benzene rings is 2. The van der Waals surface area contributed by atoms with E-state index in [0.717, 1.165) is 5.56 Å². The lowest BCUT2D eigenvalue weighted by atomic mass is 9.84. The van der Waals surface area contributed by atoms with E-state index in [2.05, 4.69) is 19.2 Å². The summed E-state index contributed by atoms with van der Waals surface area (Å²) in [5.41, 5.74) is 1.97. The molecule has 0 radical (unpaired) electrons. The summed E-state index contributed by atoms with van der Waals surface area (Å²) in [7, 11) is -3.25. The molecule has 1 saturated heterocycles. The Bertz CT molecular complexity index is 892. The first kappa shape index (κ1) is 18.5. The molecule has 1 fully saturated rings. The molecule has 0 unspecified atom stereocenters. The summed E-state index contributed by atoms with van der Waals surface area (Å²) in [6.07, 6.45) is 0.615. The number of sulfonamides is 1. The zero-order valence-electron chi connectivity index (χ0n) is 15.1. The summed E-state index contributed by atoms with van der Waals surface area (Å²) >= 11 is 0. The van der Waals surface area contributed by atoms with Gasteiger partial charge in [-0.1, -0.05) is 50.2 Å². The highest BCUT2D eigenvalue weighted by atomic mass is 32.2. The summed E-state index contributed by atoms with van der Waals surface area (Å²) in [6, 6.07) is 16.8. The van der Waals surface area contributed by atoms with Gasteiger partial charge in [-0.3, -0.25) is 9.10 Å². The van der Waals surface area contributed by atoms with Crippen LogP contribution in [0.25, 0.3) is 0 Å². The van der Waals surface area contributed by atoms with Crippen LogP contribution in [0.1, 0.15) is 36.2 Å². The molecular weight excluding hydrogens is 348 g/mol. The maximum atomic E-state index is 12.6. The van der Waals surface area contributed by atoms with Gasteiger partial charge in [-0.15, -0.1) is 0 Å². The average Bonchev–Trinajstić information content (AvgIpc) is 3.00. The lowest BCUT2D eigenvalue weighted by Crippen LogP contribution is -2.36. The Hall–Kier alpha value is -2.34. The summed E-state index contributed by atoms with van der Waals surface area (Å²) in [6.45, 7) is 5.11. The minimum absolute atomic E-state index is 0.161. The second-order valence-corrected chi connectivity index (χ2v) is 9.24. The fourth-order valence-corrected chi connectivity index (χ4v) is 4.68. The number of amides is 1. The molecule has 0 spiro atoms. The molecule has 1 aliphatic heterocycles. The van der Waals surface area contributed by atoms with Gasteiger partial charge < -0.3 is 5.32 Å². The molecule has 1 heterocycles. The first-order valence-corrected chi connectivity index (χ1v) is 10.3. The highest BCUT2D eigenvalue weighted by Crippen LogP contribution is 2.25. The highest BCUT2D eigenvalue weighted by molar-refractivity contribution is 7.93. The monoisotopic (exact) mass is 372 g/mol. The minimum Gasteiger partial charge on any atom is -0.351 e. The highest BCUT2D eigenvalue weighted by Gasteiger charge is 2.29. The Balaban J connectivity index is 1.72. The van der Waals surface area contributed by atoms with Crippen LogP contribution in [0.4, 0.5) is 5.69 Å². The Kier molecular flexibility index (Phi) is 5.05. The molecule has 0 atom stereocenters. The first-order valence-electron chi connectivity index (χ1n) is 8.74. The van der Waals surface area contributed by atoms with Crippen molar-refractivity contribution >= 4 is 21.6 Å². The normalized spacial score (nSPS) is 16.5. The number of hydrogen-bond donors (Lipinski definition) is 1. The van der Waals surface area contributed by atoms with Crippen molar-refractivity contribution in [1.82, 2.24) is 5.32 Å². The number of carbonyl (C=O) groups is 1. The van der Waals surface area contributed by atoms with Crippen LogP contribution in [0.3, 0.4) is 0 Å². The second kappa shape index (κ2) is 7.11. The van der Waals surface area contributed by atoms with E-state index < -0.39 is 10.0 Å². The fraction of sp³-hybridized carbons (Fsp3) is 0.350. The van der Waals surface area contributed by atoms with Crippen LogP contribution in [0, 0.1) is 0 Å². The molecule has 1 N–H and O–H groups in total. The largest absolute Gasteiger partial charge is 0.351 e. The van der Waals surface area contributed by atoms with Crippen LogP contribution in [0.15, 0.2) is 54.6 Å². The van der Waals surface area contributed by atoms with Crippen LogP contribution in [0.2, 0.25) is 0 Å². The van der Waals surface area contributed by atoms with Crippen LogP contribution >= 0.6 is 0 Å². The van der Waals surface area contributed by atoms with E-state index in [1.54, 1.807) is 24.3 Å². The van der Waals surface area contributed by atoms with E-state index in [0.29, 0.717) is 30.8 Å². The molecular formula is C20H24N2O3S. The van der Waals surface area contributed by atoms with Crippen molar-refractivity contribution in [2.75, 3.05) is 23.1 Å². The number of hydrogen-bond acceptors (Lipinski definition) is 3. The predicted molar refractivity (Wildman–Crippen MR) is 104 cm³/mol. The van der Waals surface area contributed by atoms with Crippen LogP contribution in [-0.4, -0.2) is 33.2 Å². The molecule has 1 amide bonds. The fourth-order valence-electron chi connectivity index (χ4n) is 3.13. The molecule has 1 aliphatic rings. The maximum absolute atomic E-state index is 12.6. The van der Waals surface area contributed by atoms with Gasteiger partial charge >= 0.3 is 0 Å². The third-order valence-electron chi connectivity index (χ3n) is 4.74. The molecule has 0 saturated carbocycles. The Morgan fingerprint density at radius 2 is 1.85 bits per heavy atom. The van der Waals surface area contributed by atoms with E-state index >= 15 is 0 Å². The molecule has 2 aromatic carbocycles. The number of nitrogens with one attached hydrogen (secondary N) is 1. The summed E-state index contributed by atoms with van der Waals surface area (Å²) < 4.78 is 25.6. The van der Waals surface area contributed by atoms with E-state index in [9.17, 15) is 13.2 Å². The van der Waals surface area contributed by atoms with Crippen molar-refractivity contribution in [3.8, 4) is 0 Å². The first-order chi connectivity index (χ1) is 12.3. The van der Waals surface area contributed by atoms with Crippen molar-refractivity contribution < 1.29 is 13.2 Å². The number of carbonyl (C=O) groups excluding carboxylic acids is 1. The smallest absolute Gasteiger partial charge is 0.251 e. The van der Waals surface area contributed by atoms with Gasteiger partial charge in [0.25, 0.3) is 5.91 Å². The Morgan fingerprint density at radius 3 is 2.50 bits per heavy atom. The van der Waals surface area contributed by atoms with Crippen LogP contribution in [-0.2, 0) is 15.4 Å². The molecule has 0 aliphatic carbocycles. The van der Waals surface area contributed by atoms with Crippen LogP contribution in [0.5, 0.6) is 0 Å². The van der Waals surface area contributed by atoms with Crippen molar-refractivity contribution in [3.63, 3.8) is 0 Å². The second-order valence-electron chi connectivity index (χ2n) is 7.22. The Morgan fingerprint density at radius 1 is 1.12 bits per heavy atom. The lowest BCUT2D eigenvalue weighted by molar-refractivity contribution is 0.0945. The minimum atomic E-state index is -3.25. The molecule has 0 bridgehead atoms. The van der Waals surface area contributed by atoms with E-state index in [1.807, 2.05) is 30.3 Å². The van der Waals surface area contributed by atoms with E-state index in [-0.39, 0.29) is 17.1 Å². The summed E-state index contributed by atoms with van der Waals surface area (Å²) in [5, 5.41) is 2.97. The van der Waals surface area contributed by atoms with E-state index in [4.69, 9.17) is 0 Å². The van der Waals surface area contributed by atoms with Gasteiger partial charge in [0.05, 0.1) is 11.4 Å². The topological polar surface area (TPSA) is 66.5 Å². The zero-order chi connectivity index (χ0) is 18.8. The SMILES string of the molecule is CC(C)(CNC(=O)c1cccc(N2CCCS2(=O)=O)c1)c1ccccc1. The Labute approximate surface area is 155 Å². The quantitative estimate of drug-likeness (QED) is 0.877. The molecule has 26 heavy (non-hydrogen) atoms. The molecule has 138 valence electrons. The van der Waals surface area contributed by atoms with Crippen molar-refractivity contribution in [2.45, 2.75) is 25.7 Å². The molecule has 0 aromatic heterocycles. The van der Waals surface area contributed by atoms with Gasteiger partial charge in [-0.05, 0) is 30.2 Å². The molecule has 6 heteroatoms. The third kappa shape index (κ3) is 3.90.